The van der Waals surface area contributed by atoms with Crippen LogP contribution in [0.5, 0.6) is 0 Å². The number of unbranched alkanes of at least 4 members (excludes halogenated alkanes) is 6. The van der Waals surface area contributed by atoms with Crippen molar-refractivity contribution in [2.45, 2.75) is 78.1 Å². The van der Waals surface area contributed by atoms with E-state index in [1.54, 1.807) is 14.1 Å². The van der Waals surface area contributed by atoms with Crippen molar-refractivity contribution in [3.05, 3.63) is 0 Å². The summed E-state index contributed by atoms with van der Waals surface area (Å²) >= 11 is 0. The molecule has 0 aliphatic rings. The van der Waals surface area contributed by atoms with Crippen molar-refractivity contribution < 1.29 is 4.84 Å². The number of aliphatic imine (C=N–C) groups is 1. The molecule has 0 amide bonds. The Morgan fingerprint density at radius 2 is 1.40 bits per heavy atom. The van der Waals surface area contributed by atoms with Gasteiger partial charge in [0.25, 0.3) is 0 Å². The van der Waals surface area contributed by atoms with E-state index in [-0.39, 0.29) is 0 Å². The zero-order valence-electron chi connectivity index (χ0n) is 13.9. The molecular weight excluding hydrogens is 250 g/mol. The molecular formula is C16H33N3O. The summed E-state index contributed by atoms with van der Waals surface area (Å²) in [7, 11) is 3.40. The second-order valence-electron chi connectivity index (χ2n) is 5.33. The third kappa shape index (κ3) is 9.93. The van der Waals surface area contributed by atoms with Crippen LogP contribution >= 0.6 is 0 Å². The maximum atomic E-state index is 5.32. The van der Waals surface area contributed by atoms with E-state index in [1.807, 2.05) is 0 Å². The fourth-order valence-corrected chi connectivity index (χ4v) is 2.41. The molecule has 118 valence electrons. The minimum atomic E-state index is 0.402. The Morgan fingerprint density at radius 1 is 0.850 bits per heavy atom. The van der Waals surface area contributed by atoms with E-state index in [9.17, 15) is 0 Å². The number of hydrogen-bond donors (Lipinski definition) is 0. The van der Waals surface area contributed by atoms with Crippen molar-refractivity contribution in [1.82, 2.24) is 0 Å². The molecule has 0 aliphatic carbocycles. The van der Waals surface area contributed by atoms with Gasteiger partial charge in [0.2, 0.25) is 5.90 Å². The monoisotopic (exact) mass is 283 g/mol. The average Bonchev–Trinajstić information content (AvgIpc) is 2.47. The predicted octanol–water partition coefficient (Wildman–Crippen LogP) is 5.59. The molecule has 0 saturated heterocycles. The molecule has 0 atom stereocenters. The molecule has 0 aliphatic heterocycles. The van der Waals surface area contributed by atoms with Crippen LogP contribution in [-0.4, -0.2) is 20.0 Å². The molecule has 0 aromatic rings. The summed E-state index contributed by atoms with van der Waals surface area (Å²) in [6, 6.07) is 0. The molecule has 0 N–H and O–H groups in total. The molecule has 0 unspecified atom stereocenters. The van der Waals surface area contributed by atoms with Crippen LogP contribution in [0.1, 0.15) is 78.1 Å². The number of hydrogen-bond acceptors (Lipinski definition) is 4. The van der Waals surface area contributed by atoms with Crippen molar-refractivity contribution >= 4 is 5.90 Å². The smallest absolute Gasteiger partial charge is 0.224 e. The molecule has 0 heterocycles. The Hall–Kier alpha value is -0.930. The minimum Gasteiger partial charge on any atom is -0.324 e. The Bertz CT molecular complexity index is 252. The van der Waals surface area contributed by atoms with Gasteiger partial charge < -0.3 is 4.84 Å². The first kappa shape index (κ1) is 19.1. The predicted molar refractivity (Wildman–Crippen MR) is 86.2 cm³/mol. The van der Waals surface area contributed by atoms with E-state index < -0.39 is 0 Å². The highest BCUT2D eigenvalue weighted by Crippen LogP contribution is 2.21. The normalized spacial score (nSPS) is 12.6. The van der Waals surface area contributed by atoms with Crippen LogP contribution in [0.25, 0.3) is 0 Å². The van der Waals surface area contributed by atoms with E-state index in [2.05, 4.69) is 29.2 Å². The van der Waals surface area contributed by atoms with Crippen molar-refractivity contribution in [2.75, 3.05) is 14.1 Å². The molecule has 0 bridgehead atoms. The summed E-state index contributed by atoms with van der Waals surface area (Å²) in [5.74, 6) is 1.16. The Balaban J connectivity index is 4.26. The Labute approximate surface area is 125 Å². The van der Waals surface area contributed by atoms with E-state index in [4.69, 9.17) is 4.84 Å². The minimum absolute atomic E-state index is 0.402. The summed E-state index contributed by atoms with van der Waals surface area (Å²) in [5.41, 5.74) is 0. The Kier molecular flexibility index (Phi) is 13.8. The van der Waals surface area contributed by atoms with Crippen LogP contribution in [0, 0.1) is 5.92 Å². The molecule has 0 saturated carbocycles. The fraction of sp³-hybridized carbons (Fsp3) is 0.938. The van der Waals surface area contributed by atoms with Gasteiger partial charge in [0, 0.05) is 18.2 Å². The second-order valence-corrected chi connectivity index (χ2v) is 5.33. The van der Waals surface area contributed by atoms with Crippen molar-refractivity contribution in [3.63, 3.8) is 0 Å². The van der Waals surface area contributed by atoms with E-state index in [0.717, 1.165) is 18.7 Å². The highest BCUT2D eigenvalue weighted by Gasteiger charge is 2.17. The summed E-state index contributed by atoms with van der Waals surface area (Å²) < 4.78 is 0. The third-order valence-electron chi connectivity index (χ3n) is 3.60. The summed E-state index contributed by atoms with van der Waals surface area (Å²) in [5, 5.41) is 7.29. The van der Waals surface area contributed by atoms with E-state index >= 15 is 0 Å². The molecule has 4 nitrogen and oxygen atoms in total. The zero-order chi connectivity index (χ0) is 15.1. The fourth-order valence-electron chi connectivity index (χ4n) is 2.41. The molecule has 0 rings (SSSR count). The topological polar surface area (TPSA) is 46.3 Å². The summed E-state index contributed by atoms with van der Waals surface area (Å²) in [6.07, 6.45) is 12.6. The lowest BCUT2D eigenvalue weighted by atomic mass is 9.94. The van der Waals surface area contributed by atoms with Gasteiger partial charge in [-0.25, -0.2) is 0 Å². The van der Waals surface area contributed by atoms with Crippen LogP contribution in [0.15, 0.2) is 15.4 Å². The van der Waals surface area contributed by atoms with E-state index in [1.165, 1.54) is 51.4 Å². The molecule has 0 radical (unpaired) electrons. The zero-order valence-corrected chi connectivity index (χ0v) is 13.9. The van der Waals surface area contributed by atoms with Crippen LogP contribution in [0.4, 0.5) is 0 Å². The maximum Gasteiger partial charge on any atom is 0.224 e. The lowest BCUT2D eigenvalue weighted by Crippen LogP contribution is -2.16. The van der Waals surface area contributed by atoms with Crippen LogP contribution in [0.2, 0.25) is 0 Å². The van der Waals surface area contributed by atoms with Gasteiger partial charge in [-0.2, -0.15) is 5.11 Å². The molecule has 0 aromatic carbocycles. The average molecular weight is 283 g/mol. The molecule has 0 fully saturated rings. The van der Waals surface area contributed by atoms with Gasteiger partial charge in [-0.1, -0.05) is 65.2 Å². The van der Waals surface area contributed by atoms with Gasteiger partial charge in [0.15, 0.2) is 0 Å². The first-order valence-corrected chi connectivity index (χ1v) is 8.22. The maximum absolute atomic E-state index is 5.32. The Morgan fingerprint density at radius 3 is 1.80 bits per heavy atom. The van der Waals surface area contributed by atoms with Crippen LogP contribution < -0.4 is 0 Å². The lowest BCUT2D eigenvalue weighted by Gasteiger charge is -2.16. The van der Waals surface area contributed by atoms with Gasteiger partial charge >= 0.3 is 0 Å². The highest BCUT2D eigenvalue weighted by molar-refractivity contribution is 5.78. The quantitative estimate of drug-likeness (QED) is 0.151. The van der Waals surface area contributed by atoms with Gasteiger partial charge in [0.05, 0.1) is 7.05 Å². The van der Waals surface area contributed by atoms with Crippen molar-refractivity contribution in [3.8, 4) is 0 Å². The molecule has 4 heteroatoms. The highest BCUT2D eigenvalue weighted by atomic mass is 16.6. The number of rotatable bonds is 12. The SMILES string of the molecule is CCCCCCC(CCCCCC)/C(=N/C)O/N=N\C. The second kappa shape index (κ2) is 14.5. The molecule has 20 heavy (non-hydrogen) atoms. The summed E-state index contributed by atoms with van der Waals surface area (Å²) in [6.45, 7) is 4.48. The van der Waals surface area contributed by atoms with E-state index in [0.29, 0.717) is 5.92 Å². The first-order chi connectivity index (χ1) is 9.79. The van der Waals surface area contributed by atoms with Crippen molar-refractivity contribution in [1.29, 1.82) is 0 Å². The van der Waals surface area contributed by atoms with Gasteiger partial charge in [-0.3, -0.25) is 4.99 Å². The molecule has 0 spiro atoms. The van der Waals surface area contributed by atoms with Gasteiger partial charge in [0.1, 0.15) is 0 Å². The van der Waals surface area contributed by atoms with Crippen LogP contribution in [0.3, 0.4) is 0 Å². The van der Waals surface area contributed by atoms with Crippen molar-refractivity contribution in [2.24, 2.45) is 21.3 Å². The summed E-state index contributed by atoms with van der Waals surface area (Å²) in [4.78, 5) is 9.59. The third-order valence-corrected chi connectivity index (χ3v) is 3.60. The largest absolute Gasteiger partial charge is 0.324 e. The van der Waals surface area contributed by atoms with Gasteiger partial charge in [-0.15, -0.1) is 0 Å². The van der Waals surface area contributed by atoms with Gasteiger partial charge in [-0.05, 0) is 12.8 Å². The van der Waals surface area contributed by atoms with Crippen LogP contribution in [-0.2, 0) is 4.84 Å². The standard InChI is InChI=1S/C16H33N3O/c1-5-7-9-11-13-15(14-12-10-8-6-2)16(17-3)20-19-18-4/h15H,5-14H2,1-4H3/b17-16-,19-18-. The first-order valence-electron chi connectivity index (χ1n) is 8.22. The lowest BCUT2D eigenvalue weighted by molar-refractivity contribution is 0.261. The molecule has 0 aromatic heterocycles. The number of nitrogens with zero attached hydrogens (tertiary/aromatic N) is 3.